The van der Waals surface area contributed by atoms with Crippen molar-refractivity contribution >= 4 is 12.4 Å². The number of hydrogen-bond donors (Lipinski definition) is 3. The van der Waals surface area contributed by atoms with Crippen LogP contribution < -0.4 is 6.15 Å². The molecule has 0 fully saturated rings. The summed E-state index contributed by atoms with van der Waals surface area (Å²) in [6.07, 6.45) is 2.50. The molecule has 4 heteroatoms. The van der Waals surface area contributed by atoms with Crippen molar-refractivity contribution < 1.29 is 5.48 Å². The summed E-state index contributed by atoms with van der Waals surface area (Å²) >= 11 is 0. The highest BCUT2D eigenvalue weighted by Crippen LogP contribution is 1.17. The SMILES string of the molecule is CC=N.CC=N.N.O. The van der Waals surface area contributed by atoms with Crippen LogP contribution in [0.4, 0.5) is 0 Å². The Labute approximate surface area is 49.8 Å². The first-order valence-corrected chi connectivity index (χ1v) is 1.73. The molecule has 8 heavy (non-hydrogen) atoms. The summed E-state index contributed by atoms with van der Waals surface area (Å²) in [4.78, 5) is 0. The maximum absolute atomic E-state index is 6.08. The Kier molecular flexibility index (Phi) is 365. The van der Waals surface area contributed by atoms with Crippen molar-refractivity contribution in [2.45, 2.75) is 13.8 Å². The van der Waals surface area contributed by atoms with E-state index < -0.39 is 0 Å². The highest BCUT2D eigenvalue weighted by Gasteiger charge is 1.17. The van der Waals surface area contributed by atoms with Crippen molar-refractivity contribution in [3.8, 4) is 0 Å². The molecule has 0 rings (SSSR count). The zero-order valence-electron chi connectivity index (χ0n) is 5.36. The van der Waals surface area contributed by atoms with Gasteiger partial charge < -0.3 is 22.4 Å². The second kappa shape index (κ2) is 109. The Morgan fingerprint density at radius 3 is 1.00 bits per heavy atom. The van der Waals surface area contributed by atoms with Crippen molar-refractivity contribution in [2.24, 2.45) is 0 Å². The van der Waals surface area contributed by atoms with Crippen molar-refractivity contribution in [1.29, 1.82) is 10.8 Å². The lowest BCUT2D eigenvalue weighted by molar-refractivity contribution is 0.824. The van der Waals surface area contributed by atoms with Gasteiger partial charge in [-0.2, -0.15) is 0 Å². The molecular formula is C4H15N3O. The van der Waals surface area contributed by atoms with Gasteiger partial charge in [0, 0.05) is 0 Å². The Hall–Kier alpha value is -0.740. The number of hydrogen-bond acceptors (Lipinski definition) is 3. The second-order valence-corrected chi connectivity index (χ2v) is 0.577. The van der Waals surface area contributed by atoms with Crippen LogP contribution in [0.1, 0.15) is 13.8 Å². The molecule has 4 nitrogen and oxygen atoms in total. The molecule has 0 unspecified atom stereocenters. The van der Waals surface area contributed by atoms with Gasteiger partial charge in [0.2, 0.25) is 0 Å². The van der Waals surface area contributed by atoms with Crippen LogP contribution in [0.5, 0.6) is 0 Å². The third-order valence-corrected chi connectivity index (χ3v) is 0. The molecule has 0 aliphatic carbocycles. The Balaban J connectivity index is -0.0000000160. The normalized spacial score (nSPS) is 3.25. The predicted molar refractivity (Wildman–Crippen MR) is 37.6 cm³/mol. The van der Waals surface area contributed by atoms with Crippen LogP contribution in [0.15, 0.2) is 0 Å². The molecule has 0 radical (unpaired) electrons. The minimum atomic E-state index is 0. The quantitative estimate of drug-likeness (QED) is 0.401. The topological polar surface area (TPSA) is 114 Å². The first-order valence-electron chi connectivity index (χ1n) is 1.73. The smallest absolute Gasteiger partial charge is 0.00788 e. The molecule has 0 aromatic rings. The summed E-state index contributed by atoms with van der Waals surface area (Å²) in [6.45, 7) is 3.33. The molecule has 0 saturated heterocycles. The van der Waals surface area contributed by atoms with Gasteiger partial charge in [-0.05, 0) is 26.3 Å². The molecule has 0 aliphatic rings. The van der Waals surface area contributed by atoms with Gasteiger partial charge in [-0.25, -0.2) is 0 Å². The maximum atomic E-state index is 6.08. The van der Waals surface area contributed by atoms with Crippen LogP contribution >= 0.6 is 0 Å². The summed E-state index contributed by atoms with van der Waals surface area (Å²) < 4.78 is 0. The van der Waals surface area contributed by atoms with Gasteiger partial charge in [-0.1, -0.05) is 0 Å². The molecule has 0 aromatic carbocycles. The first-order chi connectivity index (χ1) is 2.83. The predicted octanol–water partition coefficient (Wildman–Crippen LogP) is 0.649. The highest BCUT2D eigenvalue weighted by atomic mass is 16.0. The second-order valence-electron chi connectivity index (χ2n) is 0.577. The van der Waals surface area contributed by atoms with Crippen LogP contribution in [0.3, 0.4) is 0 Å². The lowest BCUT2D eigenvalue weighted by atomic mass is 10.9. The van der Waals surface area contributed by atoms with Crippen molar-refractivity contribution in [3.63, 3.8) is 0 Å². The van der Waals surface area contributed by atoms with Crippen LogP contribution in [-0.2, 0) is 0 Å². The molecule has 0 saturated carbocycles. The first kappa shape index (κ1) is 26.8. The minimum absolute atomic E-state index is 0. The van der Waals surface area contributed by atoms with E-state index in [1.54, 1.807) is 13.8 Å². The van der Waals surface area contributed by atoms with E-state index in [1.807, 2.05) is 0 Å². The van der Waals surface area contributed by atoms with Crippen LogP contribution in [0.25, 0.3) is 0 Å². The van der Waals surface area contributed by atoms with Crippen LogP contribution in [0.2, 0.25) is 0 Å². The molecule has 0 atom stereocenters. The fourth-order valence-electron chi connectivity index (χ4n) is 0. The van der Waals surface area contributed by atoms with Crippen molar-refractivity contribution in [1.82, 2.24) is 6.15 Å². The molecular weight excluding hydrogens is 106 g/mol. The van der Waals surface area contributed by atoms with E-state index in [9.17, 15) is 0 Å². The molecule has 0 heterocycles. The highest BCUT2D eigenvalue weighted by molar-refractivity contribution is 5.48. The molecule has 0 amide bonds. The monoisotopic (exact) mass is 121 g/mol. The fraction of sp³-hybridized carbons (Fsp3) is 0.500. The summed E-state index contributed by atoms with van der Waals surface area (Å²) in [5.41, 5.74) is 0. The third kappa shape index (κ3) is 174. The number of nitrogens with one attached hydrogen (secondary N) is 2. The zero-order chi connectivity index (χ0) is 5.41. The summed E-state index contributed by atoms with van der Waals surface area (Å²) in [7, 11) is 0. The molecule has 0 spiro atoms. The van der Waals surface area contributed by atoms with Crippen molar-refractivity contribution in [3.05, 3.63) is 0 Å². The van der Waals surface area contributed by atoms with Crippen LogP contribution in [0, 0.1) is 10.8 Å². The third-order valence-electron chi connectivity index (χ3n) is 0. The Morgan fingerprint density at radius 1 is 1.00 bits per heavy atom. The van der Waals surface area contributed by atoms with Gasteiger partial charge in [0.05, 0.1) is 0 Å². The molecule has 0 aromatic heterocycles. The van der Waals surface area contributed by atoms with E-state index >= 15 is 0 Å². The van der Waals surface area contributed by atoms with Gasteiger partial charge in [0.15, 0.2) is 0 Å². The number of rotatable bonds is 0. The Morgan fingerprint density at radius 2 is 1.00 bits per heavy atom. The maximum Gasteiger partial charge on any atom is -0.00788 e. The lowest BCUT2D eigenvalue weighted by Gasteiger charge is -1.30. The summed E-state index contributed by atoms with van der Waals surface area (Å²) in [5, 5.41) is 12.2. The Bertz CT molecular complexity index is 32.3. The fourth-order valence-corrected chi connectivity index (χ4v) is 0. The average Bonchev–Trinajstić information content (AvgIpc) is 1.39. The molecule has 0 aliphatic heterocycles. The summed E-state index contributed by atoms with van der Waals surface area (Å²) in [5.74, 6) is 0. The van der Waals surface area contributed by atoms with Crippen molar-refractivity contribution in [2.75, 3.05) is 0 Å². The molecule has 52 valence electrons. The molecule has 0 bridgehead atoms. The molecule has 7 N–H and O–H groups in total. The summed E-state index contributed by atoms with van der Waals surface area (Å²) in [6, 6.07) is 0. The zero-order valence-corrected chi connectivity index (χ0v) is 5.36. The van der Waals surface area contributed by atoms with Crippen LogP contribution in [-0.4, -0.2) is 17.9 Å². The largest absolute Gasteiger partial charge is 0.412 e. The van der Waals surface area contributed by atoms with E-state index in [0.717, 1.165) is 0 Å². The van der Waals surface area contributed by atoms with Gasteiger partial charge in [0.1, 0.15) is 0 Å². The van der Waals surface area contributed by atoms with Gasteiger partial charge in [-0.15, -0.1) is 0 Å². The standard InChI is InChI=1S/2C2H5N.H3N.H2O/c2*1-2-3;;/h2*2-3H,1H3;1H3;1H2. The lowest BCUT2D eigenvalue weighted by Crippen LogP contribution is -1.32. The minimum Gasteiger partial charge on any atom is -0.412 e. The average molecular weight is 121 g/mol. The van der Waals surface area contributed by atoms with E-state index in [4.69, 9.17) is 10.8 Å². The van der Waals surface area contributed by atoms with E-state index in [2.05, 4.69) is 0 Å². The van der Waals surface area contributed by atoms with E-state index in [-0.39, 0.29) is 11.6 Å². The van der Waals surface area contributed by atoms with E-state index in [0.29, 0.717) is 0 Å². The van der Waals surface area contributed by atoms with Gasteiger partial charge >= 0.3 is 0 Å². The van der Waals surface area contributed by atoms with Gasteiger partial charge in [0.25, 0.3) is 0 Å². The van der Waals surface area contributed by atoms with Gasteiger partial charge in [-0.3, -0.25) is 0 Å². The van der Waals surface area contributed by atoms with E-state index in [1.165, 1.54) is 12.4 Å².